The molecular weight excluding hydrogens is 232 g/mol. The van der Waals surface area contributed by atoms with Gasteiger partial charge in [0.15, 0.2) is 0 Å². The summed E-state index contributed by atoms with van der Waals surface area (Å²) in [4.78, 5) is 2.72. The minimum atomic E-state index is 0.778. The zero-order valence-corrected chi connectivity index (χ0v) is 11.6. The van der Waals surface area contributed by atoms with E-state index in [0.29, 0.717) is 0 Å². The number of fused-ring (bicyclic) bond motifs is 2. The molecule has 2 nitrogen and oxygen atoms in total. The molecule has 2 aliphatic heterocycles. The van der Waals surface area contributed by atoms with Crippen LogP contribution in [0.15, 0.2) is 35.9 Å². The normalized spacial score (nSPS) is 26.7. The Kier molecular flexibility index (Phi) is 4.00. The number of nitrogens with two attached hydrogens (primary N) is 1. The largest absolute Gasteiger partial charge is 0.330 e. The third-order valence-corrected chi connectivity index (χ3v) is 4.56. The maximum Gasteiger partial charge on any atom is 0.0136 e. The number of benzene rings is 1. The molecule has 2 N–H and O–H groups in total. The molecule has 2 heteroatoms. The molecule has 2 aliphatic rings. The van der Waals surface area contributed by atoms with E-state index in [1.165, 1.54) is 37.8 Å². The zero-order valence-electron chi connectivity index (χ0n) is 11.6. The molecule has 19 heavy (non-hydrogen) atoms. The maximum atomic E-state index is 5.65. The molecular formula is C17H24N2. The standard InChI is InChI=1S/C17H24N2/c18-9-4-10-19-16-7-8-17(19)13-15(12-16)11-14-5-2-1-3-6-14/h1-3,5-6,11,16-17H,4,7-10,12-13,18H2. The van der Waals surface area contributed by atoms with Crippen LogP contribution in [0, 0.1) is 0 Å². The monoisotopic (exact) mass is 256 g/mol. The van der Waals surface area contributed by atoms with Gasteiger partial charge < -0.3 is 5.73 Å². The molecule has 0 spiro atoms. The number of hydrogen-bond acceptors (Lipinski definition) is 2. The molecule has 0 aromatic heterocycles. The van der Waals surface area contributed by atoms with E-state index in [2.05, 4.69) is 41.3 Å². The van der Waals surface area contributed by atoms with E-state index < -0.39 is 0 Å². The average molecular weight is 256 g/mol. The molecule has 2 fully saturated rings. The molecule has 2 saturated heterocycles. The Morgan fingerprint density at radius 1 is 1.11 bits per heavy atom. The van der Waals surface area contributed by atoms with Crippen molar-refractivity contribution < 1.29 is 0 Å². The Hall–Kier alpha value is -1.12. The van der Waals surface area contributed by atoms with Gasteiger partial charge in [0.1, 0.15) is 0 Å². The van der Waals surface area contributed by atoms with Crippen molar-refractivity contribution in [2.45, 2.75) is 44.2 Å². The Labute approximate surface area is 116 Å². The van der Waals surface area contributed by atoms with Crippen LogP contribution in [0.25, 0.3) is 6.08 Å². The van der Waals surface area contributed by atoms with E-state index in [1.807, 2.05) is 0 Å². The lowest BCUT2D eigenvalue weighted by atomic mass is 9.94. The molecule has 2 unspecified atom stereocenters. The third kappa shape index (κ3) is 2.90. The van der Waals surface area contributed by atoms with E-state index in [0.717, 1.165) is 25.0 Å². The van der Waals surface area contributed by atoms with Crippen LogP contribution in [0.1, 0.15) is 37.7 Å². The van der Waals surface area contributed by atoms with Crippen LogP contribution >= 0.6 is 0 Å². The van der Waals surface area contributed by atoms with Gasteiger partial charge in [-0.05, 0) is 50.8 Å². The van der Waals surface area contributed by atoms with Gasteiger partial charge in [-0.3, -0.25) is 4.90 Å². The summed E-state index contributed by atoms with van der Waals surface area (Å²) < 4.78 is 0. The number of nitrogens with zero attached hydrogens (tertiary/aromatic N) is 1. The molecule has 0 aliphatic carbocycles. The summed E-state index contributed by atoms with van der Waals surface area (Å²) in [7, 11) is 0. The van der Waals surface area contributed by atoms with Crippen molar-refractivity contribution in [3.05, 3.63) is 41.5 Å². The summed E-state index contributed by atoms with van der Waals surface area (Å²) in [5, 5.41) is 0. The first kappa shape index (κ1) is 12.9. The fourth-order valence-electron chi connectivity index (χ4n) is 3.68. The molecule has 2 heterocycles. The topological polar surface area (TPSA) is 29.3 Å². The van der Waals surface area contributed by atoms with Gasteiger partial charge in [0.05, 0.1) is 0 Å². The quantitative estimate of drug-likeness (QED) is 0.897. The Bertz CT molecular complexity index is 422. The van der Waals surface area contributed by atoms with E-state index in [1.54, 1.807) is 5.57 Å². The highest BCUT2D eigenvalue weighted by Gasteiger charge is 2.37. The van der Waals surface area contributed by atoms with Gasteiger partial charge in [0.2, 0.25) is 0 Å². The predicted octanol–water partition coefficient (Wildman–Crippen LogP) is 3.05. The van der Waals surface area contributed by atoms with Crippen molar-refractivity contribution >= 4 is 6.08 Å². The second-order valence-electron chi connectivity index (χ2n) is 5.89. The summed E-state index contributed by atoms with van der Waals surface area (Å²) in [6, 6.07) is 12.3. The van der Waals surface area contributed by atoms with Crippen LogP contribution in [0.3, 0.4) is 0 Å². The SMILES string of the molecule is NCCCN1C2CCC1CC(=Cc1ccccc1)C2. The van der Waals surface area contributed by atoms with Crippen molar-refractivity contribution in [1.82, 2.24) is 4.90 Å². The summed E-state index contributed by atoms with van der Waals surface area (Å²) in [5.74, 6) is 0. The highest BCUT2D eigenvalue weighted by molar-refractivity contribution is 5.53. The van der Waals surface area contributed by atoms with Crippen molar-refractivity contribution in [2.24, 2.45) is 5.73 Å². The number of rotatable bonds is 4. The van der Waals surface area contributed by atoms with Gasteiger partial charge in [0, 0.05) is 12.1 Å². The van der Waals surface area contributed by atoms with E-state index in [4.69, 9.17) is 5.73 Å². The molecule has 2 atom stereocenters. The Morgan fingerprint density at radius 3 is 2.42 bits per heavy atom. The van der Waals surface area contributed by atoms with Crippen molar-refractivity contribution in [3.63, 3.8) is 0 Å². The van der Waals surface area contributed by atoms with E-state index in [9.17, 15) is 0 Å². The molecule has 1 aromatic rings. The molecule has 102 valence electrons. The van der Waals surface area contributed by atoms with Crippen LogP contribution in [-0.4, -0.2) is 30.1 Å². The fourth-order valence-corrected chi connectivity index (χ4v) is 3.68. The van der Waals surface area contributed by atoms with Gasteiger partial charge in [-0.25, -0.2) is 0 Å². The minimum Gasteiger partial charge on any atom is -0.330 e. The lowest BCUT2D eigenvalue weighted by Crippen LogP contribution is -2.41. The van der Waals surface area contributed by atoms with Crippen LogP contribution < -0.4 is 5.73 Å². The fraction of sp³-hybridized carbons (Fsp3) is 0.529. The van der Waals surface area contributed by atoms with E-state index in [-0.39, 0.29) is 0 Å². The third-order valence-electron chi connectivity index (χ3n) is 4.56. The van der Waals surface area contributed by atoms with Crippen LogP contribution in [0.5, 0.6) is 0 Å². The molecule has 3 rings (SSSR count). The summed E-state index contributed by atoms with van der Waals surface area (Å²) in [6.07, 6.45) is 8.82. The second kappa shape index (κ2) is 5.89. The zero-order chi connectivity index (χ0) is 13.1. The van der Waals surface area contributed by atoms with Crippen LogP contribution in [-0.2, 0) is 0 Å². The molecule has 2 bridgehead atoms. The average Bonchev–Trinajstić information content (AvgIpc) is 2.67. The van der Waals surface area contributed by atoms with Crippen molar-refractivity contribution in [1.29, 1.82) is 0 Å². The maximum absolute atomic E-state index is 5.65. The first-order valence-corrected chi connectivity index (χ1v) is 7.57. The highest BCUT2D eigenvalue weighted by Crippen LogP contribution is 2.38. The minimum absolute atomic E-state index is 0.778. The molecule has 0 radical (unpaired) electrons. The Morgan fingerprint density at radius 2 is 1.79 bits per heavy atom. The lowest BCUT2D eigenvalue weighted by molar-refractivity contribution is 0.166. The molecule has 1 aromatic carbocycles. The van der Waals surface area contributed by atoms with Gasteiger partial charge in [-0.2, -0.15) is 0 Å². The summed E-state index contributed by atoms with van der Waals surface area (Å²) >= 11 is 0. The first-order valence-electron chi connectivity index (χ1n) is 7.57. The van der Waals surface area contributed by atoms with Gasteiger partial charge in [-0.15, -0.1) is 0 Å². The highest BCUT2D eigenvalue weighted by atomic mass is 15.2. The lowest BCUT2D eigenvalue weighted by Gasteiger charge is -2.36. The van der Waals surface area contributed by atoms with Gasteiger partial charge in [0.25, 0.3) is 0 Å². The number of hydrogen-bond donors (Lipinski definition) is 1. The first-order chi connectivity index (χ1) is 9.36. The molecule has 0 saturated carbocycles. The van der Waals surface area contributed by atoms with Gasteiger partial charge in [-0.1, -0.05) is 42.0 Å². The second-order valence-corrected chi connectivity index (χ2v) is 5.89. The molecule has 0 amide bonds. The van der Waals surface area contributed by atoms with Crippen molar-refractivity contribution in [2.75, 3.05) is 13.1 Å². The van der Waals surface area contributed by atoms with Crippen molar-refractivity contribution in [3.8, 4) is 0 Å². The van der Waals surface area contributed by atoms with Gasteiger partial charge >= 0.3 is 0 Å². The van der Waals surface area contributed by atoms with Crippen LogP contribution in [0.4, 0.5) is 0 Å². The Balaban J connectivity index is 1.69. The smallest absolute Gasteiger partial charge is 0.0136 e. The summed E-state index contributed by atoms with van der Waals surface area (Å²) in [6.45, 7) is 2.02. The predicted molar refractivity (Wildman–Crippen MR) is 80.8 cm³/mol. The summed E-state index contributed by atoms with van der Waals surface area (Å²) in [5.41, 5.74) is 8.64. The van der Waals surface area contributed by atoms with Crippen LogP contribution in [0.2, 0.25) is 0 Å². The van der Waals surface area contributed by atoms with E-state index >= 15 is 0 Å². The number of piperidine rings is 1.